The van der Waals surface area contributed by atoms with Crippen molar-refractivity contribution in [2.75, 3.05) is 0 Å². The van der Waals surface area contributed by atoms with Crippen molar-refractivity contribution in [1.82, 2.24) is 9.55 Å². The minimum atomic E-state index is 0.493. The van der Waals surface area contributed by atoms with Gasteiger partial charge in [0.1, 0.15) is 5.82 Å². The fourth-order valence-corrected chi connectivity index (χ4v) is 2.68. The molecule has 1 aromatic rings. The molecule has 3 heteroatoms. The molecule has 18 heavy (non-hydrogen) atoms. The molecule has 1 aromatic heterocycles. The zero-order valence-electron chi connectivity index (χ0n) is 12.1. The molecule has 0 aliphatic carbocycles. The summed E-state index contributed by atoms with van der Waals surface area (Å²) < 4.78 is 2.30. The third-order valence-electron chi connectivity index (χ3n) is 3.55. The Hall–Kier alpha value is -1.30. The Balaban J connectivity index is 0.000000771. The van der Waals surface area contributed by atoms with Crippen LogP contribution in [-0.4, -0.2) is 9.55 Å². The van der Waals surface area contributed by atoms with Crippen LogP contribution in [0.4, 0.5) is 0 Å². The summed E-state index contributed by atoms with van der Waals surface area (Å²) in [6.07, 6.45) is 6.18. The Morgan fingerprint density at radius 1 is 1.50 bits per heavy atom. The molecule has 2 atom stereocenters. The monoisotopic (exact) mass is 247 g/mol. The van der Waals surface area contributed by atoms with Crippen molar-refractivity contribution in [3.63, 3.8) is 0 Å². The number of fused-ring (bicyclic) bond motifs is 1. The number of nitriles is 1. The van der Waals surface area contributed by atoms with Gasteiger partial charge in [-0.25, -0.2) is 4.98 Å². The van der Waals surface area contributed by atoms with Crippen LogP contribution in [0.1, 0.15) is 63.9 Å². The van der Waals surface area contributed by atoms with Crippen molar-refractivity contribution in [2.45, 2.75) is 65.8 Å². The van der Waals surface area contributed by atoms with Gasteiger partial charge >= 0.3 is 0 Å². The SMILES string of the molecule is CC.CCC1CC(CCC#N)c2nc(C)cn2C1. The average Bonchev–Trinajstić information content (AvgIpc) is 2.78. The van der Waals surface area contributed by atoms with Crippen LogP contribution < -0.4 is 0 Å². The van der Waals surface area contributed by atoms with Gasteiger partial charge in [-0.1, -0.05) is 27.2 Å². The normalized spacial score (nSPS) is 21.5. The quantitative estimate of drug-likeness (QED) is 0.809. The van der Waals surface area contributed by atoms with Gasteiger partial charge in [-0.2, -0.15) is 5.26 Å². The van der Waals surface area contributed by atoms with Gasteiger partial charge in [0.2, 0.25) is 0 Å². The molecule has 0 spiro atoms. The summed E-state index contributed by atoms with van der Waals surface area (Å²) in [5.74, 6) is 2.45. The highest BCUT2D eigenvalue weighted by Gasteiger charge is 2.27. The Bertz CT molecular complexity index is 400. The molecule has 0 radical (unpaired) electrons. The number of nitrogens with zero attached hydrogens (tertiary/aromatic N) is 3. The number of imidazole rings is 1. The van der Waals surface area contributed by atoms with Crippen LogP contribution in [0, 0.1) is 24.2 Å². The van der Waals surface area contributed by atoms with Crippen molar-refractivity contribution >= 4 is 0 Å². The molecule has 0 bridgehead atoms. The standard InChI is InChI=1S/C13H19N3.C2H6/c1-3-11-7-12(5-4-6-14)13-15-10(2)8-16(13)9-11;1-2/h8,11-12H,3-5,7,9H2,1-2H3;1-2H3. The third kappa shape index (κ3) is 3.35. The molecule has 3 nitrogen and oxygen atoms in total. The second-order valence-electron chi connectivity index (χ2n) is 4.80. The molecule has 2 unspecified atom stereocenters. The molecular weight excluding hydrogens is 222 g/mol. The van der Waals surface area contributed by atoms with Gasteiger partial charge in [-0.05, 0) is 25.7 Å². The molecule has 100 valence electrons. The number of aryl methyl sites for hydroxylation is 1. The molecule has 0 N–H and O–H groups in total. The summed E-state index contributed by atoms with van der Waals surface area (Å²) in [6, 6.07) is 2.25. The van der Waals surface area contributed by atoms with E-state index in [1.807, 2.05) is 20.8 Å². The summed E-state index contributed by atoms with van der Waals surface area (Å²) in [5, 5.41) is 8.70. The van der Waals surface area contributed by atoms with Gasteiger partial charge in [0, 0.05) is 25.1 Å². The molecule has 0 fully saturated rings. The summed E-state index contributed by atoms with van der Waals surface area (Å²) in [6.45, 7) is 9.41. The van der Waals surface area contributed by atoms with E-state index in [1.54, 1.807) is 0 Å². The number of rotatable bonds is 3. The van der Waals surface area contributed by atoms with E-state index >= 15 is 0 Å². The topological polar surface area (TPSA) is 41.6 Å². The van der Waals surface area contributed by atoms with Crippen LogP contribution in [0.3, 0.4) is 0 Å². The maximum atomic E-state index is 8.70. The van der Waals surface area contributed by atoms with Crippen LogP contribution in [0.15, 0.2) is 6.20 Å². The van der Waals surface area contributed by atoms with E-state index in [9.17, 15) is 0 Å². The van der Waals surface area contributed by atoms with E-state index in [1.165, 1.54) is 18.7 Å². The zero-order valence-corrected chi connectivity index (χ0v) is 12.1. The summed E-state index contributed by atoms with van der Waals surface area (Å²) in [7, 11) is 0. The second-order valence-corrected chi connectivity index (χ2v) is 4.80. The molecule has 2 rings (SSSR count). The average molecular weight is 247 g/mol. The van der Waals surface area contributed by atoms with Gasteiger partial charge in [0.15, 0.2) is 0 Å². The summed E-state index contributed by atoms with van der Waals surface area (Å²) >= 11 is 0. The molecule has 1 aliphatic rings. The Morgan fingerprint density at radius 3 is 2.83 bits per heavy atom. The van der Waals surface area contributed by atoms with Crippen LogP contribution in [-0.2, 0) is 6.54 Å². The second kappa shape index (κ2) is 7.20. The maximum absolute atomic E-state index is 8.70. The maximum Gasteiger partial charge on any atom is 0.112 e. The lowest BCUT2D eigenvalue weighted by Gasteiger charge is -2.29. The number of hydrogen-bond donors (Lipinski definition) is 0. The smallest absolute Gasteiger partial charge is 0.112 e. The third-order valence-corrected chi connectivity index (χ3v) is 3.55. The number of hydrogen-bond acceptors (Lipinski definition) is 2. The molecule has 0 amide bonds. The van der Waals surface area contributed by atoms with Crippen molar-refractivity contribution in [1.29, 1.82) is 5.26 Å². The van der Waals surface area contributed by atoms with E-state index in [0.29, 0.717) is 12.3 Å². The lowest BCUT2D eigenvalue weighted by molar-refractivity contribution is 0.304. The fourth-order valence-electron chi connectivity index (χ4n) is 2.68. The lowest BCUT2D eigenvalue weighted by atomic mass is 9.86. The van der Waals surface area contributed by atoms with E-state index < -0.39 is 0 Å². The van der Waals surface area contributed by atoms with Crippen molar-refractivity contribution in [2.24, 2.45) is 5.92 Å². The van der Waals surface area contributed by atoms with Gasteiger partial charge in [0.05, 0.1) is 11.8 Å². The first-order chi connectivity index (χ1) is 8.74. The Kier molecular flexibility index (Phi) is 5.91. The number of aromatic nitrogens is 2. The van der Waals surface area contributed by atoms with E-state index in [-0.39, 0.29) is 0 Å². The fraction of sp³-hybridized carbons (Fsp3) is 0.733. The first-order valence-electron chi connectivity index (χ1n) is 7.15. The van der Waals surface area contributed by atoms with Gasteiger partial charge in [0.25, 0.3) is 0 Å². The van der Waals surface area contributed by atoms with Gasteiger partial charge < -0.3 is 4.57 Å². The van der Waals surface area contributed by atoms with E-state index in [4.69, 9.17) is 5.26 Å². The van der Waals surface area contributed by atoms with E-state index in [0.717, 1.165) is 24.6 Å². The van der Waals surface area contributed by atoms with Gasteiger partial charge in [-0.15, -0.1) is 0 Å². The minimum Gasteiger partial charge on any atom is -0.334 e. The molecule has 1 aliphatic heterocycles. The summed E-state index contributed by atoms with van der Waals surface area (Å²) in [4.78, 5) is 4.61. The molecule has 0 saturated heterocycles. The Labute approximate surface area is 111 Å². The minimum absolute atomic E-state index is 0.493. The highest BCUT2D eigenvalue weighted by atomic mass is 15.1. The summed E-state index contributed by atoms with van der Waals surface area (Å²) in [5.41, 5.74) is 1.11. The van der Waals surface area contributed by atoms with Crippen LogP contribution in [0.25, 0.3) is 0 Å². The van der Waals surface area contributed by atoms with Crippen molar-refractivity contribution < 1.29 is 0 Å². The zero-order chi connectivity index (χ0) is 13.5. The highest BCUT2D eigenvalue weighted by molar-refractivity contribution is 5.10. The Morgan fingerprint density at radius 2 is 2.22 bits per heavy atom. The van der Waals surface area contributed by atoms with Crippen molar-refractivity contribution in [3.8, 4) is 6.07 Å². The largest absolute Gasteiger partial charge is 0.334 e. The van der Waals surface area contributed by atoms with Gasteiger partial charge in [-0.3, -0.25) is 0 Å². The molecule has 0 saturated carbocycles. The lowest BCUT2D eigenvalue weighted by Crippen LogP contribution is -2.23. The van der Waals surface area contributed by atoms with E-state index in [2.05, 4.69) is 28.7 Å². The van der Waals surface area contributed by atoms with Crippen LogP contribution in [0.2, 0.25) is 0 Å². The first kappa shape index (κ1) is 14.8. The van der Waals surface area contributed by atoms with Crippen LogP contribution >= 0.6 is 0 Å². The predicted octanol–water partition coefficient (Wildman–Crippen LogP) is 4.04. The molecule has 2 heterocycles. The first-order valence-corrected chi connectivity index (χ1v) is 7.15. The molecular formula is C15H25N3. The molecule has 0 aromatic carbocycles. The predicted molar refractivity (Wildman–Crippen MR) is 74.3 cm³/mol. The van der Waals surface area contributed by atoms with Crippen molar-refractivity contribution in [3.05, 3.63) is 17.7 Å². The highest BCUT2D eigenvalue weighted by Crippen LogP contribution is 2.34. The van der Waals surface area contributed by atoms with Crippen LogP contribution in [0.5, 0.6) is 0 Å².